The van der Waals surface area contributed by atoms with Crippen molar-refractivity contribution >= 4 is 71.3 Å². The van der Waals surface area contributed by atoms with E-state index in [0.717, 1.165) is 61.3 Å². The Hall–Kier alpha value is -8.20. The Bertz CT molecular complexity index is 3650. The van der Waals surface area contributed by atoms with Gasteiger partial charge in [-0.25, -0.2) is 0 Å². The summed E-state index contributed by atoms with van der Waals surface area (Å²) in [5.74, 6) is 0. The van der Waals surface area contributed by atoms with Gasteiger partial charge in [-0.3, -0.25) is 0 Å². The summed E-state index contributed by atoms with van der Waals surface area (Å²) < 4.78 is 6.82. The first-order chi connectivity index (χ1) is 30.7. The van der Waals surface area contributed by atoms with Crippen LogP contribution in [-0.4, -0.2) is 0 Å². The molecule has 11 aromatic carbocycles. The minimum absolute atomic E-state index is 0.886. The number of nitrogens with zero attached hydrogens (tertiary/aromatic N) is 1. The molecule has 0 aliphatic carbocycles. The quantitative estimate of drug-likeness (QED) is 0.160. The van der Waals surface area contributed by atoms with Gasteiger partial charge >= 0.3 is 0 Å². The number of anilines is 3. The lowest BCUT2D eigenvalue weighted by molar-refractivity contribution is 0.670. The summed E-state index contributed by atoms with van der Waals surface area (Å²) in [5.41, 5.74) is 14.2. The Morgan fingerprint density at radius 3 is 1.69 bits per heavy atom. The second kappa shape index (κ2) is 14.8. The van der Waals surface area contributed by atoms with Crippen molar-refractivity contribution in [2.45, 2.75) is 0 Å². The average molecular weight is 790 g/mol. The lowest BCUT2D eigenvalue weighted by Crippen LogP contribution is -2.11. The van der Waals surface area contributed by atoms with Gasteiger partial charge in [-0.1, -0.05) is 182 Å². The number of hydrogen-bond donors (Lipinski definition) is 0. The van der Waals surface area contributed by atoms with Crippen LogP contribution in [0.3, 0.4) is 0 Å². The fourth-order valence-electron chi connectivity index (χ4n) is 9.36. The summed E-state index contributed by atoms with van der Waals surface area (Å²) in [6.07, 6.45) is 0. The number of benzene rings is 11. The number of furan rings is 1. The van der Waals surface area contributed by atoms with Gasteiger partial charge in [0.05, 0.1) is 5.69 Å². The molecule has 0 fully saturated rings. The molecule has 0 bridgehead atoms. The first kappa shape index (κ1) is 35.7. The smallest absolute Gasteiger partial charge is 0.143 e. The minimum atomic E-state index is 0.886. The zero-order valence-electron chi connectivity index (χ0n) is 33.9. The van der Waals surface area contributed by atoms with Crippen molar-refractivity contribution in [1.29, 1.82) is 0 Å². The molecule has 0 aliphatic rings. The van der Waals surface area contributed by atoms with Gasteiger partial charge in [0, 0.05) is 33.3 Å². The average Bonchev–Trinajstić information content (AvgIpc) is 3.71. The van der Waals surface area contributed by atoms with Crippen LogP contribution in [0.2, 0.25) is 0 Å². The molecule has 0 saturated heterocycles. The van der Waals surface area contributed by atoms with Gasteiger partial charge in [0.15, 0.2) is 0 Å². The Morgan fingerprint density at radius 2 is 0.839 bits per heavy atom. The number of hydrogen-bond acceptors (Lipinski definition) is 2. The Morgan fingerprint density at radius 1 is 0.274 bits per heavy atom. The van der Waals surface area contributed by atoms with Gasteiger partial charge in [-0.05, 0) is 120 Å². The van der Waals surface area contributed by atoms with E-state index in [-0.39, 0.29) is 0 Å². The maximum absolute atomic E-state index is 6.82. The van der Waals surface area contributed by atoms with Gasteiger partial charge < -0.3 is 9.32 Å². The second-order valence-electron chi connectivity index (χ2n) is 16.1. The number of fused-ring (bicyclic) bond motifs is 6. The van der Waals surface area contributed by atoms with Crippen LogP contribution < -0.4 is 4.90 Å². The summed E-state index contributed by atoms with van der Waals surface area (Å²) in [6.45, 7) is 0. The van der Waals surface area contributed by atoms with E-state index < -0.39 is 0 Å². The van der Waals surface area contributed by atoms with Crippen LogP contribution in [0.5, 0.6) is 0 Å². The molecule has 12 aromatic rings. The monoisotopic (exact) mass is 789 g/mol. The maximum atomic E-state index is 6.82. The molecule has 62 heavy (non-hydrogen) atoms. The fraction of sp³-hybridized carbons (Fsp3) is 0. The fourth-order valence-corrected chi connectivity index (χ4v) is 9.36. The van der Waals surface area contributed by atoms with E-state index in [1.54, 1.807) is 0 Å². The first-order valence-corrected chi connectivity index (χ1v) is 21.2. The Labute approximate surface area is 360 Å². The molecule has 1 aromatic heterocycles. The normalized spacial score (nSPS) is 11.5. The Kier molecular flexibility index (Phi) is 8.53. The van der Waals surface area contributed by atoms with Gasteiger partial charge in [-0.15, -0.1) is 0 Å². The molecule has 290 valence electrons. The molecular formula is C60H39NO. The van der Waals surface area contributed by atoms with Crippen LogP contribution in [0.1, 0.15) is 0 Å². The standard InChI is InChI=1S/C60H39NO/c1-2-15-43-35-48(30-29-40(43)13-1)45-20-10-22-51(37-45)61(50-33-31-41(32-34-50)44-19-9-21-49(36-44)53-25-11-18-42-14-5-6-23-52(42)53)58-28-8-7-24-54(58)55-26-12-27-56-57-38-46-16-3-4-17-47(46)39-59(57)62-60(55)56/h1-39H. The highest BCUT2D eigenvalue weighted by molar-refractivity contribution is 6.14. The van der Waals surface area contributed by atoms with E-state index in [0.29, 0.717) is 0 Å². The first-order valence-electron chi connectivity index (χ1n) is 21.2. The molecule has 2 heteroatoms. The molecule has 2 nitrogen and oxygen atoms in total. The summed E-state index contributed by atoms with van der Waals surface area (Å²) in [7, 11) is 0. The van der Waals surface area contributed by atoms with E-state index in [2.05, 4.69) is 241 Å². The SMILES string of the molecule is c1cc(-c2ccc(N(c3cccc(-c4ccc5ccccc5c4)c3)c3ccccc3-c3cccc4c3oc3cc5ccccc5cc34)cc2)cc(-c2cccc3ccccc23)c1. The van der Waals surface area contributed by atoms with E-state index in [4.69, 9.17) is 4.42 Å². The molecule has 12 rings (SSSR count). The van der Waals surface area contributed by atoms with E-state index in [1.165, 1.54) is 54.6 Å². The van der Waals surface area contributed by atoms with Crippen molar-refractivity contribution < 1.29 is 4.42 Å². The van der Waals surface area contributed by atoms with Crippen LogP contribution in [-0.2, 0) is 0 Å². The molecule has 0 unspecified atom stereocenters. The van der Waals surface area contributed by atoms with Gasteiger partial charge in [0.2, 0.25) is 0 Å². The summed E-state index contributed by atoms with van der Waals surface area (Å²) in [4.78, 5) is 2.39. The van der Waals surface area contributed by atoms with E-state index in [1.807, 2.05) is 0 Å². The molecule has 0 spiro atoms. The zero-order valence-corrected chi connectivity index (χ0v) is 33.9. The van der Waals surface area contributed by atoms with Crippen LogP contribution >= 0.6 is 0 Å². The second-order valence-corrected chi connectivity index (χ2v) is 16.1. The topological polar surface area (TPSA) is 16.4 Å². The highest BCUT2D eigenvalue weighted by atomic mass is 16.3. The van der Waals surface area contributed by atoms with Crippen molar-refractivity contribution in [3.05, 3.63) is 237 Å². The third-order valence-electron chi connectivity index (χ3n) is 12.4. The van der Waals surface area contributed by atoms with E-state index in [9.17, 15) is 0 Å². The number of para-hydroxylation sites is 2. The predicted molar refractivity (Wildman–Crippen MR) is 263 cm³/mol. The molecule has 0 aliphatic heterocycles. The van der Waals surface area contributed by atoms with Gasteiger partial charge in [0.1, 0.15) is 11.2 Å². The van der Waals surface area contributed by atoms with Crippen LogP contribution in [0.4, 0.5) is 17.1 Å². The highest BCUT2D eigenvalue weighted by Crippen LogP contribution is 2.46. The van der Waals surface area contributed by atoms with Gasteiger partial charge in [0.25, 0.3) is 0 Å². The van der Waals surface area contributed by atoms with E-state index >= 15 is 0 Å². The van der Waals surface area contributed by atoms with Crippen molar-refractivity contribution in [3.8, 4) is 44.5 Å². The lowest BCUT2D eigenvalue weighted by Gasteiger charge is -2.28. The molecule has 0 N–H and O–H groups in total. The summed E-state index contributed by atoms with van der Waals surface area (Å²) in [6, 6.07) is 85.5. The van der Waals surface area contributed by atoms with Gasteiger partial charge in [-0.2, -0.15) is 0 Å². The number of rotatable bonds is 7. The zero-order chi connectivity index (χ0) is 41.0. The van der Waals surface area contributed by atoms with Crippen molar-refractivity contribution in [1.82, 2.24) is 0 Å². The largest absolute Gasteiger partial charge is 0.455 e. The third kappa shape index (κ3) is 6.20. The predicted octanol–water partition coefficient (Wildman–Crippen LogP) is 17.2. The highest BCUT2D eigenvalue weighted by Gasteiger charge is 2.21. The molecule has 0 atom stereocenters. The molecule has 0 saturated carbocycles. The summed E-state index contributed by atoms with van der Waals surface area (Å²) in [5, 5.41) is 9.57. The molecule has 1 heterocycles. The van der Waals surface area contributed by atoms with Crippen LogP contribution in [0.15, 0.2) is 241 Å². The van der Waals surface area contributed by atoms with Crippen LogP contribution in [0, 0.1) is 0 Å². The maximum Gasteiger partial charge on any atom is 0.143 e. The molecular weight excluding hydrogens is 751 g/mol. The molecule has 0 radical (unpaired) electrons. The minimum Gasteiger partial charge on any atom is -0.455 e. The third-order valence-corrected chi connectivity index (χ3v) is 12.4. The van der Waals surface area contributed by atoms with Crippen molar-refractivity contribution in [2.75, 3.05) is 4.90 Å². The van der Waals surface area contributed by atoms with Crippen molar-refractivity contribution in [3.63, 3.8) is 0 Å². The van der Waals surface area contributed by atoms with Crippen molar-refractivity contribution in [2.24, 2.45) is 0 Å². The Balaban J connectivity index is 1.01. The summed E-state index contributed by atoms with van der Waals surface area (Å²) >= 11 is 0. The lowest BCUT2D eigenvalue weighted by atomic mass is 9.95. The molecule has 0 amide bonds. The van der Waals surface area contributed by atoms with Crippen LogP contribution in [0.25, 0.3) is 98.8 Å².